The van der Waals surface area contributed by atoms with Crippen LogP contribution in [-0.2, 0) is 11.0 Å². The fourth-order valence-electron chi connectivity index (χ4n) is 3.16. The molecule has 0 spiro atoms. The Kier molecular flexibility index (Phi) is 2.69. The van der Waals surface area contributed by atoms with Crippen LogP contribution in [0.3, 0.4) is 0 Å². The molecule has 2 aromatic rings. The second-order valence-electron chi connectivity index (χ2n) is 7.70. The van der Waals surface area contributed by atoms with Crippen LogP contribution in [-0.4, -0.2) is 9.55 Å². The van der Waals surface area contributed by atoms with E-state index in [0.29, 0.717) is 0 Å². The minimum Gasteiger partial charge on any atom is -0.399 e. The molecule has 1 aliphatic carbocycles. The third-order valence-corrected chi connectivity index (χ3v) is 4.50. The molecule has 0 atom stereocenters. The number of hydrogen-bond acceptors (Lipinski definition) is 2. The summed E-state index contributed by atoms with van der Waals surface area (Å²) in [4.78, 5) is 4.90. The Morgan fingerprint density at radius 1 is 1.15 bits per heavy atom. The van der Waals surface area contributed by atoms with Crippen molar-refractivity contribution < 1.29 is 0 Å². The molecule has 1 saturated carbocycles. The van der Waals surface area contributed by atoms with E-state index in [0.717, 1.165) is 22.9 Å². The van der Waals surface area contributed by atoms with Gasteiger partial charge in [-0.05, 0) is 50.8 Å². The maximum atomic E-state index is 5.92. The lowest BCUT2D eigenvalue weighted by Gasteiger charge is -2.33. The van der Waals surface area contributed by atoms with Crippen molar-refractivity contribution in [2.45, 2.75) is 58.4 Å². The van der Waals surface area contributed by atoms with Crippen LogP contribution in [0, 0.1) is 5.92 Å². The smallest absolute Gasteiger partial charge is 0.115 e. The van der Waals surface area contributed by atoms with Gasteiger partial charge >= 0.3 is 0 Å². The van der Waals surface area contributed by atoms with Gasteiger partial charge in [0, 0.05) is 16.6 Å². The Morgan fingerprint density at radius 3 is 2.35 bits per heavy atom. The third kappa shape index (κ3) is 2.00. The van der Waals surface area contributed by atoms with E-state index in [-0.39, 0.29) is 11.0 Å². The highest BCUT2D eigenvalue weighted by molar-refractivity contribution is 5.80. The van der Waals surface area contributed by atoms with Crippen LogP contribution in [0.5, 0.6) is 0 Å². The van der Waals surface area contributed by atoms with Gasteiger partial charge in [0.15, 0.2) is 0 Å². The van der Waals surface area contributed by atoms with Crippen molar-refractivity contribution in [3.05, 3.63) is 24.0 Å². The van der Waals surface area contributed by atoms with E-state index in [2.05, 4.69) is 45.3 Å². The summed E-state index contributed by atoms with van der Waals surface area (Å²) >= 11 is 0. The second-order valence-corrected chi connectivity index (χ2v) is 7.70. The van der Waals surface area contributed by atoms with Gasteiger partial charge in [0.25, 0.3) is 0 Å². The minimum absolute atomic E-state index is 0.0277. The maximum Gasteiger partial charge on any atom is 0.115 e. The fraction of sp³-hybridized carbons (Fsp3) is 0.588. The van der Waals surface area contributed by atoms with Crippen molar-refractivity contribution in [3.63, 3.8) is 0 Å². The van der Waals surface area contributed by atoms with Crippen LogP contribution >= 0.6 is 0 Å². The average Bonchev–Trinajstić information content (AvgIpc) is 3.09. The molecule has 1 fully saturated rings. The largest absolute Gasteiger partial charge is 0.399 e. The van der Waals surface area contributed by atoms with Gasteiger partial charge in [-0.25, -0.2) is 4.98 Å². The highest BCUT2D eigenvalue weighted by Crippen LogP contribution is 2.46. The van der Waals surface area contributed by atoms with Crippen LogP contribution in [0.1, 0.15) is 53.3 Å². The van der Waals surface area contributed by atoms with Crippen LogP contribution in [0.4, 0.5) is 5.69 Å². The number of nitrogens with two attached hydrogens (primary N) is 1. The van der Waals surface area contributed by atoms with Gasteiger partial charge < -0.3 is 10.3 Å². The van der Waals surface area contributed by atoms with Crippen molar-refractivity contribution in [1.82, 2.24) is 9.55 Å². The SMILES string of the molecule is CC(C)(C)c1nc2cc(N)ccc2n1C(C)(C)C1CC1. The van der Waals surface area contributed by atoms with Gasteiger partial charge in [-0.3, -0.25) is 0 Å². The fourth-order valence-corrected chi connectivity index (χ4v) is 3.16. The molecule has 1 heterocycles. The quantitative estimate of drug-likeness (QED) is 0.837. The van der Waals surface area contributed by atoms with Crippen molar-refractivity contribution in [2.24, 2.45) is 5.92 Å². The van der Waals surface area contributed by atoms with E-state index in [1.807, 2.05) is 12.1 Å². The number of fused-ring (bicyclic) bond motifs is 1. The normalized spacial score (nSPS) is 16.9. The van der Waals surface area contributed by atoms with Gasteiger partial charge in [0.2, 0.25) is 0 Å². The van der Waals surface area contributed by atoms with Gasteiger partial charge in [-0.15, -0.1) is 0 Å². The lowest BCUT2D eigenvalue weighted by Crippen LogP contribution is -2.34. The number of rotatable bonds is 2. The first-order valence-electron chi connectivity index (χ1n) is 7.50. The number of imidazole rings is 1. The molecule has 3 rings (SSSR count). The molecule has 0 amide bonds. The summed E-state index contributed by atoms with van der Waals surface area (Å²) in [6.45, 7) is 11.4. The maximum absolute atomic E-state index is 5.92. The predicted octanol–water partition coefficient (Wildman–Crippen LogP) is 4.06. The zero-order valence-corrected chi connectivity index (χ0v) is 13.2. The molecule has 0 saturated heterocycles. The summed E-state index contributed by atoms with van der Waals surface area (Å²) in [5, 5.41) is 0. The summed E-state index contributed by atoms with van der Waals surface area (Å²) in [6.07, 6.45) is 2.65. The van der Waals surface area contributed by atoms with Crippen molar-refractivity contribution in [2.75, 3.05) is 5.73 Å². The molecule has 0 radical (unpaired) electrons. The topological polar surface area (TPSA) is 43.8 Å². The second kappa shape index (κ2) is 4.00. The van der Waals surface area contributed by atoms with E-state index in [9.17, 15) is 0 Å². The molecular weight excluding hydrogens is 246 g/mol. The van der Waals surface area contributed by atoms with Crippen LogP contribution in [0.15, 0.2) is 18.2 Å². The first-order chi connectivity index (χ1) is 9.21. The van der Waals surface area contributed by atoms with Crippen LogP contribution in [0.25, 0.3) is 11.0 Å². The molecule has 20 heavy (non-hydrogen) atoms. The molecule has 1 aromatic heterocycles. The van der Waals surface area contributed by atoms with Gasteiger partial charge in [0.1, 0.15) is 5.82 Å². The number of hydrogen-bond donors (Lipinski definition) is 1. The molecule has 1 aromatic carbocycles. The van der Waals surface area contributed by atoms with Gasteiger partial charge in [-0.1, -0.05) is 20.8 Å². The zero-order valence-electron chi connectivity index (χ0n) is 13.2. The lowest BCUT2D eigenvalue weighted by molar-refractivity contribution is 0.289. The Bertz CT molecular complexity index is 655. The van der Waals surface area contributed by atoms with E-state index in [1.165, 1.54) is 18.4 Å². The molecule has 2 N–H and O–H groups in total. The van der Waals surface area contributed by atoms with Gasteiger partial charge in [0.05, 0.1) is 11.0 Å². The summed E-state index contributed by atoms with van der Waals surface area (Å²) in [5.74, 6) is 1.92. The summed E-state index contributed by atoms with van der Waals surface area (Å²) in [6, 6.07) is 6.09. The minimum atomic E-state index is 0.0277. The number of aromatic nitrogens is 2. The average molecular weight is 271 g/mol. The molecule has 0 aliphatic heterocycles. The van der Waals surface area contributed by atoms with Crippen LogP contribution in [0.2, 0.25) is 0 Å². The standard InChI is InChI=1S/C17H25N3/c1-16(2,3)15-19-13-10-12(18)8-9-14(13)20(15)17(4,5)11-6-7-11/h8-11H,6-7,18H2,1-5H3. The zero-order chi connectivity index (χ0) is 14.7. The highest BCUT2D eigenvalue weighted by Gasteiger charge is 2.42. The van der Waals surface area contributed by atoms with E-state index < -0.39 is 0 Å². The summed E-state index contributed by atoms with van der Waals surface area (Å²) in [7, 11) is 0. The lowest BCUT2D eigenvalue weighted by atomic mass is 9.91. The third-order valence-electron chi connectivity index (χ3n) is 4.50. The number of nitrogens with zero attached hydrogens (tertiary/aromatic N) is 2. The molecule has 1 aliphatic rings. The van der Waals surface area contributed by atoms with Crippen LogP contribution < -0.4 is 5.73 Å². The molecule has 108 valence electrons. The van der Waals surface area contributed by atoms with E-state index in [1.54, 1.807) is 0 Å². The number of anilines is 1. The first-order valence-corrected chi connectivity index (χ1v) is 7.50. The van der Waals surface area contributed by atoms with Crippen molar-refractivity contribution in [3.8, 4) is 0 Å². The monoisotopic (exact) mass is 271 g/mol. The first kappa shape index (κ1) is 13.5. The number of benzene rings is 1. The molecule has 0 unspecified atom stereocenters. The van der Waals surface area contributed by atoms with E-state index >= 15 is 0 Å². The van der Waals surface area contributed by atoms with E-state index in [4.69, 9.17) is 10.7 Å². The molecular formula is C17H25N3. The van der Waals surface area contributed by atoms with Crippen molar-refractivity contribution >= 4 is 16.7 Å². The number of nitrogen functional groups attached to an aromatic ring is 1. The molecule has 0 bridgehead atoms. The Balaban J connectivity index is 2.31. The summed E-state index contributed by atoms with van der Waals surface area (Å²) in [5.41, 5.74) is 9.08. The Hall–Kier alpha value is -1.51. The highest BCUT2D eigenvalue weighted by atomic mass is 15.2. The molecule has 3 heteroatoms. The van der Waals surface area contributed by atoms with Crippen molar-refractivity contribution in [1.29, 1.82) is 0 Å². The summed E-state index contributed by atoms with van der Waals surface area (Å²) < 4.78 is 2.46. The predicted molar refractivity (Wildman–Crippen MR) is 84.9 cm³/mol. The molecule has 3 nitrogen and oxygen atoms in total. The Morgan fingerprint density at radius 2 is 1.80 bits per heavy atom. The van der Waals surface area contributed by atoms with Gasteiger partial charge in [-0.2, -0.15) is 0 Å². The Labute approximate surface area is 121 Å².